The van der Waals surface area contributed by atoms with Gasteiger partial charge in [-0.25, -0.2) is 16.8 Å². The lowest BCUT2D eigenvalue weighted by Crippen LogP contribution is -2.55. The fourth-order valence-electron chi connectivity index (χ4n) is 3.75. The van der Waals surface area contributed by atoms with Gasteiger partial charge in [0.15, 0.2) is 0 Å². The van der Waals surface area contributed by atoms with Crippen LogP contribution in [0.3, 0.4) is 0 Å². The van der Waals surface area contributed by atoms with Gasteiger partial charge >= 0.3 is 0 Å². The number of carbonyl (C=O) groups excluding carboxylic acids is 1. The molecule has 0 radical (unpaired) electrons. The lowest BCUT2D eigenvalue weighted by molar-refractivity contribution is -0.133. The Morgan fingerprint density at radius 3 is 2.06 bits per heavy atom. The lowest BCUT2D eigenvalue weighted by atomic mass is 10.2. The number of aromatic nitrogens is 2. The highest BCUT2D eigenvalue weighted by Crippen LogP contribution is 2.24. The second-order valence-electron chi connectivity index (χ2n) is 8.01. The summed E-state index contributed by atoms with van der Waals surface area (Å²) in [7, 11) is -5.90. The minimum Gasteiger partial charge on any atom is -0.339 e. The molecule has 1 amide bonds. The number of amides is 1. The zero-order valence-electron chi connectivity index (χ0n) is 18.9. The lowest BCUT2D eigenvalue weighted by Gasteiger charge is -2.35. The van der Waals surface area contributed by atoms with Crippen molar-refractivity contribution in [2.45, 2.75) is 43.5 Å². The van der Waals surface area contributed by atoms with Crippen LogP contribution in [0.15, 0.2) is 34.1 Å². The van der Waals surface area contributed by atoms with Crippen LogP contribution < -0.4 is 4.72 Å². The summed E-state index contributed by atoms with van der Waals surface area (Å²) in [6, 6.07) is 5.37. The van der Waals surface area contributed by atoms with E-state index in [4.69, 9.17) is 0 Å². The largest absolute Gasteiger partial charge is 0.339 e. The SMILES string of the molecule is Cc1ccc(S(=O)(=O)N[C@@H](C)C(=O)N2CCN(S(=O)(=O)c3c(C)nn(C)c3C)CC2)cc1. The van der Waals surface area contributed by atoms with Crippen molar-refractivity contribution in [1.82, 2.24) is 23.7 Å². The van der Waals surface area contributed by atoms with Crippen molar-refractivity contribution in [2.24, 2.45) is 7.05 Å². The molecule has 1 aliphatic heterocycles. The first-order valence-electron chi connectivity index (χ1n) is 10.2. The highest BCUT2D eigenvalue weighted by molar-refractivity contribution is 7.89. The molecule has 0 aliphatic carbocycles. The van der Waals surface area contributed by atoms with Crippen LogP contribution in [0.25, 0.3) is 0 Å². The molecule has 1 aromatic carbocycles. The third-order valence-corrected chi connectivity index (χ3v) is 9.33. The Bertz CT molecular complexity index is 1210. The van der Waals surface area contributed by atoms with Crippen LogP contribution in [0.4, 0.5) is 0 Å². The van der Waals surface area contributed by atoms with Gasteiger partial charge in [-0.15, -0.1) is 0 Å². The van der Waals surface area contributed by atoms with E-state index < -0.39 is 32.0 Å². The van der Waals surface area contributed by atoms with Gasteiger partial charge in [0, 0.05) is 33.2 Å². The topological polar surface area (TPSA) is 122 Å². The number of aryl methyl sites for hydroxylation is 3. The first-order chi connectivity index (χ1) is 14.8. The minimum atomic E-state index is -3.85. The zero-order valence-corrected chi connectivity index (χ0v) is 20.5. The molecular formula is C20H29N5O5S2. The van der Waals surface area contributed by atoms with Crippen molar-refractivity contribution in [3.05, 3.63) is 41.2 Å². The van der Waals surface area contributed by atoms with Crippen molar-refractivity contribution < 1.29 is 21.6 Å². The summed E-state index contributed by atoms with van der Waals surface area (Å²) in [6.45, 7) is 7.29. The fraction of sp³-hybridized carbons (Fsp3) is 0.500. The smallest absolute Gasteiger partial charge is 0.246 e. The maximum Gasteiger partial charge on any atom is 0.246 e. The van der Waals surface area contributed by atoms with Gasteiger partial charge in [0.1, 0.15) is 4.90 Å². The third kappa shape index (κ3) is 4.72. The van der Waals surface area contributed by atoms with Crippen molar-refractivity contribution in [2.75, 3.05) is 26.2 Å². The van der Waals surface area contributed by atoms with Crippen LogP contribution >= 0.6 is 0 Å². The normalized spacial score (nSPS) is 16.8. The Balaban J connectivity index is 1.65. The summed E-state index contributed by atoms with van der Waals surface area (Å²) in [4.78, 5) is 14.6. The molecule has 12 heteroatoms. The average molecular weight is 484 g/mol. The number of hydrogen-bond donors (Lipinski definition) is 1. The predicted octanol–water partition coefficient (Wildman–Crippen LogP) is 0.545. The highest BCUT2D eigenvalue weighted by Gasteiger charge is 2.35. The molecule has 10 nitrogen and oxygen atoms in total. The van der Waals surface area contributed by atoms with E-state index >= 15 is 0 Å². The van der Waals surface area contributed by atoms with E-state index in [0.717, 1.165) is 5.56 Å². The molecule has 2 heterocycles. The van der Waals surface area contributed by atoms with Gasteiger partial charge < -0.3 is 4.90 Å². The molecule has 0 spiro atoms. The molecule has 1 aliphatic rings. The van der Waals surface area contributed by atoms with Gasteiger partial charge in [0.25, 0.3) is 0 Å². The van der Waals surface area contributed by atoms with Gasteiger partial charge in [-0.1, -0.05) is 17.7 Å². The molecule has 0 saturated carbocycles. The average Bonchev–Trinajstić information content (AvgIpc) is 2.99. The van der Waals surface area contributed by atoms with Crippen molar-refractivity contribution in [3.8, 4) is 0 Å². The van der Waals surface area contributed by atoms with Crippen molar-refractivity contribution in [3.63, 3.8) is 0 Å². The monoisotopic (exact) mass is 483 g/mol. The number of nitrogens with zero attached hydrogens (tertiary/aromatic N) is 4. The Labute approximate surface area is 189 Å². The molecule has 0 unspecified atom stereocenters. The van der Waals surface area contributed by atoms with Gasteiger partial charge in [0.2, 0.25) is 26.0 Å². The van der Waals surface area contributed by atoms with E-state index in [1.807, 2.05) is 6.92 Å². The molecule has 1 atom stereocenters. The van der Waals surface area contributed by atoms with Crippen LogP contribution in [-0.4, -0.2) is 73.9 Å². The first-order valence-corrected chi connectivity index (χ1v) is 13.1. The second kappa shape index (κ2) is 8.93. The Hall–Kier alpha value is -2.28. The number of nitrogens with one attached hydrogen (secondary N) is 1. The van der Waals surface area contributed by atoms with Crippen molar-refractivity contribution >= 4 is 26.0 Å². The maximum absolute atomic E-state index is 13.1. The summed E-state index contributed by atoms with van der Waals surface area (Å²) in [5.41, 5.74) is 1.92. The second-order valence-corrected chi connectivity index (χ2v) is 11.6. The van der Waals surface area contributed by atoms with E-state index in [9.17, 15) is 21.6 Å². The summed E-state index contributed by atoms with van der Waals surface area (Å²) in [6.07, 6.45) is 0. The molecule has 176 valence electrons. The van der Waals surface area contributed by atoms with E-state index in [2.05, 4.69) is 9.82 Å². The first kappa shape index (κ1) is 24.4. The molecule has 3 rings (SSSR count). The van der Waals surface area contributed by atoms with Gasteiger partial charge in [0.05, 0.1) is 22.3 Å². The molecule has 2 aromatic rings. The molecule has 1 N–H and O–H groups in total. The number of carbonyl (C=O) groups is 1. The number of benzene rings is 1. The summed E-state index contributed by atoms with van der Waals surface area (Å²) in [5.74, 6) is -0.397. The zero-order chi connectivity index (χ0) is 23.8. The minimum absolute atomic E-state index is 0.0841. The van der Waals surface area contributed by atoms with Crippen LogP contribution in [0.2, 0.25) is 0 Å². The third-order valence-electron chi connectivity index (χ3n) is 5.62. The van der Waals surface area contributed by atoms with Gasteiger partial charge in [-0.3, -0.25) is 9.48 Å². The Kier molecular flexibility index (Phi) is 6.80. The Morgan fingerprint density at radius 2 is 1.56 bits per heavy atom. The molecule has 32 heavy (non-hydrogen) atoms. The van der Waals surface area contributed by atoms with Gasteiger partial charge in [-0.2, -0.15) is 14.1 Å². The quantitative estimate of drug-likeness (QED) is 0.640. The fourth-order valence-corrected chi connectivity index (χ4v) is 6.77. The molecule has 1 aromatic heterocycles. The number of rotatable bonds is 6. The predicted molar refractivity (Wildman–Crippen MR) is 119 cm³/mol. The Morgan fingerprint density at radius 1 is 1.00 bits per heavy atom. The molecule has 1 saturated heterocycles. The summed E-state index contributed by atoms with van der Waals surface area (Å²) < 4.78 is 56.6. The molecule has 1 fully saturated rings. The van der Waals surface area contributed by atoms with Crippen LogP contribution in [-0.2, 0) is 31.9 Å². The van der Waals surface area contributed by atoms with Crippen LogP contribution in [0, 0.1) is 20.8 Å². The molecular weight excluding hydrogens is 454 g/mol. The summed E-state index contributed by atoms with van der Waals surface area (Å²) in [5, 5.41) is 4.18. The summed E-state index contributed by atoms with van der Waals surface area (Å²) >= 11 is 0. The number of hydrogen-bond acceptors (Lipinski definition) is 6. The van der Waals surface area contributed by atoms with E-state index in [1.165, 1.54) is 32.9 Å². The van der Waals surface area contributed by atoms with E-state index in [0.29, 0.717) is 11.4 Å². The van der Waals surface area contributed by atoms with E-state index in [-0.39, 0.29) is 36.0 Å². The van der Waals surface area contributed by atoms with Crippen molar-refractivity contribution in [1.29, 1.82) is 0 Å². The number of piperazine rings is 1. The highest BCUT2D eigenvalue weighted by atomic mass is 32.2. The van der Waals surface area contributed by atoms with Crippen LogP contribution in [0.1, 0.15) is 23.9 Å². The number of sulfonamides is 2. The maximum atomic E-state index is 13.1. The van der Waals surface area contributed by atoms with E-state index in [1.54, 1.807) is 33.0 Å². The van der Waals surface area contributed by atoms with Gasteiger partial charge in [-0.05, 0) is 39.8 Å². The molecule has 0 bridgehead atoms. The standard InChI is InChI=1S/C20H29N5O5S2/c1-14-6-8-18(9-7-14)31(27,28)22-16(3)20(26)24-10-12-25(13-11-24)32(29,30)19-15(2)21-23(5)17(19)4/h6-9,16,22H,10-13H2,1-5H3/t16-/m0/s1. The van der Waals surface area contributed by atoms with Crippen LogP contribution in [0.5, 0.6) is 0 Å².